The number of allylic oxidation sites excluding steroid dienone is 2. The third-order valence-electron chi connectivity index (χ3n) is 5.26. The maximum Gasteiger partial charge on any atom is 0.317 e. The quantitative estimate of drug-likeness (QED) is 0.545. The molecule has 0 spiro atoms. The molecule has 146 valence electrons. The molecule has 3 rings (SSSR count). The molecule has 1 aliphatic rings. The minimum absolute atomic E-state index is 0.202. The molecule has 4 nitrogen and oxygen atoms in total. The minimum Gasteiger partial charge on any atom is -0.497 e. The van der Waals surface area contributed by atoms with Gasteiger partial charge in [-0.15, -0.1) is 0 Å². The van der Waals surface area contributed by atoms with E-state index in [2.05, 4.69) is 19.1 Å². The second-order valence-electron chi connectivity index (χ2n) is 6.94. The normalized spacial score (nSPS) is 19.1. The third kappa shape index (κ3) is 4.16. The molecule has 0 aromatic heterocycles. The van der Waals surface area contributed by atoms with E-state index in [1.165, 1.54) is 5.56 Å². The molecule has 0 fully saturated rings. The van der Waals surface area contributed by atoms with Gasteiger partial charge in [0.1, 0.15) is 11.7 Å². The largest absolute Gasteiger partial charge is 0.497 e. The molecule has 0 saturated carbocycles. The standard InChI is InChI=1S/C24H26O4/c1-4-16-9-11-17(12-10-16)21-14-19(18-7-6-8-20(13-18)27-3)15-22(25)23(21)24(26)28-5-2/h6-13,15,21,23H,4-5,14H2,1-3H3/t21-,23-/m1/s1. The summed E-state index contributed by atoms with van der Waals surface area (Å²) < 4.78 is 10.5. The minimum atomic E-state index is -0.804. The van der Waals surface area contributed by atoms with Gasteiger partial charge >= 0.3 is 5.97 Å². The monoisotopic (exact) mass is 378 g/mol. The number of carbonyl (C=O) groups excluding carboxylic acids is 2. The van der Waals surface area contributed by atoms with Gasteiger partial charge in [0.25, 0.3) is 0 Å². The van der Waals surface area contributed by atoms with Crippen molar-refractivity contribution in [1.82, 2.24) is 0 Å². The van der Waals surface area contributed by atoms with Crippen LogP contribution in [0.15, 0.2) is 54.6 Å². The van der Waals surface area contributed by atoms with Gasteiger partial charge in [-0.3, -0.25) is 9.59 Å². The van der Waals surface area contributed by atoms with E-state index >= 15 is 0 Å². The van der Waals surface area contributed by atoms with Crippen LogP contribution in [0, 0.1) is 5.92 Å². The van der Waals surface area contributed by atoms with Crippen LogP contribution < -0.4 is 4.74 Å². The summed E-state index contributed by atoms with van der Waals surface area (Å²) in [5.74, 6) is -0.960. The van der Waals surface area contributed by atoms with Crippen LogP contribution >= 0.6 is 0 Å². The first-order chi connectivity index (χ1) is 13.6. The number of benzene rings is 2. The molecule has 28 heavy (non-hydrogen) atoms. The molecule has 0 heterocycles. The van der Waals surface area contributed by atoms with E-state index in [1.54, 1.807) is 20.1 Å². The summed E-state index contributed by atoms with van der Waals surface area (Å²) in [6, 6.07) is 15.8. The molecular weight excluding hydrogens is 352 g/mol. The Balaban J connectivity index is 2.01. The van der Waals surface area contributed by atoms with Crippen molar-refractivity contribution in [2.75, 3.05) is 13.7 Å². The first-order valence-corrected chi connectivity index (χ1v) is 9.71. The Morgan fingerprint density at radius 1 is 1.11 bits per heavy atom. The van der Waals surface area contributed by atoms with Gasteiger partial charge in [0.15, 0.2) is 5.78 Å². The van der Waals surface area contributed by atoms with Crippen LogP contribution in [0.5, 0.6) is 5.75 Å². The summed E-state index contributed by atoms with van der Waals surface area (Å²) in [7, 11) is 1.62. The predicted molar refractivity (Wildman–Crippen MR) is 109 cm³/mol. The lowest BCUT2D eigenvalue weighted by molar-refractivity contribution is -0.151. The van der Waals surface area contributed by atoms with Gasteiger partial charge in [-0.2, -0.15) is 0 Å². The molecule has 0 N–H and O–H groups in total. The van der Waals surface area contributed by atoms with E-state index < -0.39 is 11.9 Å². The zero-order valence-electron chi connectivity index (χ0n) is 16.6. The van der Waals surface area contributed by atoms with Gasteiger partial charge in [0.2, 0.25) is 0 Å². The lowest BCUT2D eigenvalue weighted by Gasteiger charge is -2.29. The molecule has 0 aliphatic heterocycles. The van der Waals surface area contributed by atoms with Crippen LogP contribution in [0.3, 0.4) is 0 Å². The van der Waals surface area contributed by atoms with Crippen LogP contribution in [0.4, 0.5) is 0 Å². The highest BCUT2D eigenvalue weighted by Crippen LogP contribution is 2.40. The van der Waals surface area contributed by atoms with Gasteiger partial charge in [0, 0.05) is 5.92 Å². The number of hydrogen-bond donors (Lipinski definition) is 0. The Morgan fingerprint density at radius 2 is 1.86 bits per heavy atom. The molecule has 1 aliphatic carbocycles. The summed E-state index contributed by atoms with van der Waals surface area (Å²) in [6.07, 6.45) is 3.13. The highest BCUT2D eigenvalue weighted by Gasteiger charge is 2.39. The Kier molecular flexibility index (Phi) is 6.30. The van der Waals surface area contributed by atoms with Gasteiger partial charge in [-0.1, -0.05) is 43.3 Å². The SMILES string of the molecule is CCOC(=O)[C@H]1C(=O)C=C(c2cccc(OC)c2)C[C@@H]1c1ccc(CC)cc1. The topological polar surface area (TPSA) is 52.6 Å². The van der Waals surface area contributed by atoms with Gasteiger partial charge < -0.3 is 9.47 Å². The third-order valence-corrected chi connectivity index (χ3v) is 5.26. The molecular formula is C24H26O4. The molecule has 0 amide bonds. The van der Waals surface area contributed by atoms with Crippen LogP contribution in [0.2, 0.25) is 0 Å². The highest BCUT2D eigenvalue weighted by atomic mass is 16.5. The first kappa shape index (κ1) is 19.9. The van der Waals surface area contributed by atoms with Crippen molar-refractivity contribution in [3.05, 3.63) is 71.3 Å². The first-order valence-electron chi connectivity index (χ1n) is 9.71. The zero-order chi connectivity index (χ0) is 20.1. The van der Waals surface area contributed by atoms with Crippen LogP contribution in [0.1, 0.15) is 42.9 Å². The second-order valence-corrected chi connectivity index (χ2v) is 6.94. The van der Waals surface area contributed by atoms with E-state index in [-0.39, 0.29) is 18.3 Å². The van der Waals surface area contributed by atoms with E-state index in [1.807, 2.05) is 36.4 Å². The number of ether oxygens (including phenoxy) is 2. The van der Waals surface area contributed by atoms with Crippen molar-refractivity contribution in [3.8, 4) is 5.75 Å². The summed E-state index contributed by atoms with van der Waals surface area (Å²) in [6.45, 7) is 4.12. The van der Waals surface area contributed by atoms with Crippen molar-refractivity contribution >= 4 is 17.3 Å². The van der Waals surface area contributed by atoms with Crippen LogP contribution in [-0.4, -0.2) is 25.5 Å². The van der Waals surface area contributed by atoms with Crippen molar-refractivity contribution in [2.24, 2.45) is 5.92 Å². The Hall–Kier alpha value is -2.88. The Labute approximate surface area is 166 Å². The van der Waals surface area contributed by atoms with Gasteiger partial charge in [-0.05, 0) is 60.2 Å². The maximum atomic E-state index is 12.9. The fourth-order valence-electron chi connectivity index (χ4n) is 3.72. The summed E-state index contributed by atoms with van der Waals surface area (Å²) in [5.41, 5.74) is 4.05. The number of methoxy groups -OCH3 is 1. The lowest BCUT2D eigenvalue weighted by atomic mass is 9.73. The van der Waals surface area contributed by atoms with Crippen LogP contribution in [0.25, 0.3) is 5.57 Å². The highest BCUT2D eigenvalue weighted by molar-refractivity contribution is 6.10. The van der Waals surface area contributed by atoms with E-state index in [4.69, 9.17) is 9.47 Å². The molecule has 0 saturated heterocycles. The van der Waals surface area contributed by atoms with E-state index in [0.29, 0.717) is 6.42 Å². The number of hydrogen-bond acceptors (Lipinski definition) is 4. The van der Waals surface area contributed by atoms with Gasteiger partial charge in [0.05, 0.1) is 13.7 Å². The second kappa shape index (κ2) is 8.87. The van der Waals surface area contributed by atoms with Gasteiger partial charge in [-0.25, -0.2) is 0 Å². The number of aryl methyl sites for hydroxylation is 1. The van der Waals surface area contributed by atoms with Crippen LogP contribution in [-0.2, 0) is 20.7 Å². The summed E-state index contributed by atoms with van der Waals surface area (Å²) in [5, 5.41) is 0. The lowest BCUT2D eigenvalue weighted by Crippen LogP contribution is -2.34. The zero-order valence-corrected chi connectivity index (χ0v) is 16.6. The number of ketones is 1. The fourth-order valence-corrected chi connectivity index (χ4v) is 3.72. The summed E-state index contributed by atoms with van der Waals surface area (Å²) >= 11 is 0. The fraction of sp³-hybridized carbons (Fsp3) is 0.333. The molecule has 0 unspecified atom stereocenters. The average Bonchev–Trinajstić information content (AvgIpc) is 2.73. The van der Waals surface area contributed by atoms with E-state index in [0.717, 1.165) is 28.9 Å². The van der Waals surface area contributed by atoms with Crippen molar-refractivity contribution < 1.29 is 19.1 Å². The molecule has 2 aromatic carbocycles. The smallest absolute Gasteiger partial charge is 0.317 e. The number of rotatable bonds is 6. The summed E-state index contributed by atoms with van der Waals surface area (Å²) in [4.78, 5) is 25.5. The van der Waals surface area contributed by atoms with E-state index in [9.17, 15) is 9.59 Å². The van der Waals surface area contributed by atoms with Crippen molar-refractivity contribution in [2.45, 2.75) is 32.6 Å². The maximum absolute atomic E-state index is 12.9. The molecule has 4 heteroatoms. The molecule has 2 aromatic rings. The number of carbonyl (C=O) groups is 2. The molecule has 0 radical (unpaired) electrons. The van der Waals surface area contributed by atoms with Crippen molar-refractivity contribution in [1.29, 1.82) is 0 Å². The Bertz CT molecular complexity index is 880. The van der Waals surface area contributed by atoms with Crippen molar-refractivity contribution in [3.63, 3.8) is 0 Å². The molecule has 0 bridgehead atoms. The molecule has 2 atom stereocenters. The Morgan fingerprint density at radius 3 is 2.50 bits per heavy atom. The number of esters is 1. The predicted octanol–water partition coefficient (Wildman–Crippen LogP) is 4.58. The average molecular weight is 378 g/mol.